The predicted octanol–water partition coefficient (Wildman–Crippen LogP) is 2.25. The van der Waals surface area contributed by atoms with Gasteiger partial charge in [0.2, 0.25) is 0 Å². The van der Waals surface area contributed by atoms with Gasteiger partial charge in [0.05, 0.1) is 0 Å². The molecule has 0 saturated heterocycles. The number of hydrogen-bond donors (Lipinski definition) is 0. The van der Waals surface area contributed by atoms with Crippen LogP contribution in [0.15, 0.2) is 18.2 Å². The molecule has 3 rings (SSSR count). The smallest absolute Gasteiger partial charge is 0 e. The maximum atomic E-state index is 3.90. The Morgan fingerprint density at radius 2 is 0.969 bits per heavy atom. The van der Waals surface area contributed by atoms with Gasteiger partial charge in [-0.1, -0.05) is 106 Å². The second-order valence-corrected chi connectivity index (χ2v) is 13.2. The van der Waals surface area contributed by atoms with Gasteiger partial charge < -0.3 is 24.8 Å². The Kier molecular flexibility index (Phi) is 9.83. The van der Waals surface area contributed by atoms with Crippen molar-refractivity contribution < 1.29 is 50.7 Å². The standard InChI is InChI=1S/C29H41.2ClH.Hf/c1-26(2,3)22-14-18-13-19-15-23(27(4,5)6)25(29(10,11)12)17-21(19)20(18)16-24(22)28(7,8)9;;;/h14,16-17H,13H2,1-12H3;2*1H;/q-1;;;/p-2. The van der Waals surface area contributed by atoms with Crippen LogP contribution in [0.5, 0.6) is 0 Å². The zero-order valence-electron chi connectivity index (χ0n) is 22.2. The van der Waals surface area contributed by atoms with Gasteiger partial charge in [-0.3, -0.25) is 0 Å². The first-order valence-electron chi connectivity index (χ1n) is 11.2. The van der Waals surface area contributed by atoms with E-state index in [2.05, 4.69) is 107 Å². The van der Waals surface area contributed by atoms with Crippen LogP contribution in [0.25, 0.3) is 11.1 Å². The van der Waals surface area contributed by atoms with Crippen LogP contribution >= 0.6 is 0 Å². The van der Waals surface area contributed by atoms with Crippen LogP contribution in [0.4, 0.5) is 0 Å². The van der Waals surface area contributed by atoms with E-state index in [1.807, 2.05) is 0 Å². The predicted molar refractivity (Wildman–Crippen MR) is 128 cm³/mol. The summed E-state index contributed by atoms with van der Waals surface area (Å²) < 4.78 is 0. The summed E-state index contributed by atoms with van der Waals surface area (Å²) in [6.07, 6.45) is 1.01. The van der Waals surface area contributed by atoms with Crippen LogP contribution in [0, 0.1) is 6.07 Å². The molecule has 1 aliphatic rings. The molecule has 2 aromatic rings. The Morgan fingerprint density at radius 1 is 0.562 bits per heavy atom. The summed E-state index contributed by atoms with van der Waals surface area (Å²) in [4.78, 5) is 0. The van der Waals surface area contributed by atoms with Crippen LogP contribution in [0.3, 0.4) is 0 Å². The van der Waals surface area contributed by atoms with Crippen molar-refractivity contribution in [3.05, 3.63) is 57.6 Å². The molecule has 1 aliphatic carbocycles. The molecule has 2 aromatic carbocycles. The summed E-state index contributed by atoms with van der Waals surface area (Å²) in [5, 5.41) is 0. The molecule has 0 fully saturated rings. The third-order valence-electron chi connectivity index (χ3n) is 6.23. The van der Waals surface area contributed by atoms with Gasteiger partial charge in [-0.25, -0.2) is 0 Å². The van der Waals surface area contributed by atoms with Crippen LogP contribution in [0.1, 0.15) is 116 Å². The monoisotopic (exact) mass is 639 g/mol. The fourth-order valence-corrected chi connectivity index (χ4v) is 4.62. The number of fused-ring (bicyclic) bond motifs is 3. The van der Waals surface area contributed by atoms with Gasteiger partial charge >= 0.3 is 0 Å². The zero-order chi connectivity index (χ0) is 22.2. The van der Waals surface area contributed by atoms with Gasteiger partial charge in [-0.05, 0) is 39.4 Å². The number of benzene rings is 2. The van der Waals surface area contributed by atoms with Crippen molar-refractivity contribution in [1.29, 1.82) is 0 Å². The van der Waals surface area contributed by atoms with E-state index in [0.717, 1.165) is 6.42 Å². The van der Waals surface area contributed by atoms with Crippen LogP contribution in [-0.4, -0.2) is 0 Å². The SMILES string of the molecule is CC(C)(C)c1[c-]c2c(cc1C(C)(C)C)-c1cc(C(C)(C)C)c(C(C)(C)C)cc1C2.[Cl-].[Cl-].[Hf]. The van der Waals surface area contributed by atoms with E-state index in [1.54, 1.807) is 0 Å². The van der Waals surface area contributed by atoms with E-state index >= 15 is 0 Å². The summed E-state index contributed by atoms with van der Waals surface area (Å²) in [6, 6.07) is 11.4. The average molecular weight is 639 g/mol. The van der Waals surface area contributed by atoms with E-state index in [4.69, 9.17) is 0 Å². The fraction of sp³-hybridized carbons (Fsp3) is 0.586. The third kappa shape index (κ3) is 6.11. The first kappa shape index (κ1) is 31.9. The second-order valence-electron chi connectivity index (χ2n) is 13.2. The van der Waals surface area contributed by atoms with Crippen molar-refractivity contribution in [2.45, 2.75) is 111 Å². The van der Waals surface area contributed by atoms with Crippen LogP contribution < -0.4 is 24.8 Å². The summed E-state index contributed by atoms with van der Waals surface area (Å²) in [6.45, 7) is 28.0. The molecule has 0 nitrogen and oxygen atoms in total. The molecule has 3 heteroatoms. The molecule has 0 amide bonds. The van der Waals surface area contributed by atoms with Crippen molar-refractivity contribution in [2.24, 2.45) is 0 Å². The van der Waals surface area contributed by atoms with Crippen molar-refractivity contribution in [1.82, 2.24) is 0 Å². The summed E-state index contributed by atoms with van der Waals surface area (Å²) in [5.41, 5.74) is 11.9. The van der Waals surface area contributed by atoms with Gasteiger partial charge in [0.15, 0.2) is 0 Å². The van der Waals surface area contributed by atoms with E-state index in [0.29, 0.717) is 0 Å². The maximum Gasteiger partial charge on any atom is 0 e. The molecule has 0 atom stereocenters. The summed E-state index contributed by atoms with van der Waals surface area (Å²) in [7, 11) is 0. The van der Waals surface area contributed by atoms with Gasteiger partial charge in [0.1, 0.15) is 0 Å². The van der Waals surface area contributed by atoms with E-state index in [-0.39, 0.29) is 72.3 Å². The Morgan fingerprint density at radius 3 is 1.38 bits per heavy atom. The Hall–Kier alpha value is -0.110. The summed E-state index contributed by atoms with van der Waals surface area (Å²) in [5.74, 6) is 0. The zero-order valence-corrected chi connectivity index (χ0v) is 27.3. The largest absolute Gasteiger partial charge is 1.00 e. The van der Waals surface area contributed by atoms with E-state index in [1.165, 1.54) is 44.5 Å². The van der Waals surface area contributed by atoms with Crippen LogP contribution in [-0.2, 0) is 53.9 Å². The first-order valence-corrected chi connectivity index (χ1v) is 11.2. The molecule has 0 aliphatic heterocycles. The molecule has 0 radical (unpaired) electrons. The third-order valence-corrected chi connectivity index (χ3v) is 6.23. The van der Waals surface area contributed by atoms with Gasteiger partial charge in [-0.15, -0.1) is 16.7 Å². The molecular formula is C29H41Cl2Hf-3. The average Bonchev–Trinajstić information content (AvgIpc) is 2.86. The maximum absolute atomic E-state index is 3.90. The molecule has 0 bridgehead atoms. The minimum Gasteiger partial charge on any atom is -1.00 e. The first-order chi connectivity index (χ1) is 12.9. The van der Waals surface area contributed by atoms with Crippen molar-refractivity contribution >= 4 is 0 Å². The molecule has 0 aromatic heterocycles. The fourth-order valence-electron chi connectivity index (χ4n) is 4.62. The molecular weight excluding hydrogens is 598 g/mol. The van der Waals surface area contributed by atoms with Crippen LogP contribution in [0.2, 0.25) is 0 Å². The Labute approximate surface area is 229 Å². The van der Waals surface area contributed by atoms with Crippen molar-refractivity contribution in [3.63, 3.8) is 0 Å². The number of rotatable bonds is 0. The minimum absolute atomic E-state index is 0. The van der Waals surface area contributed by atoms with Gasteiger partial charge in [0.25, 0.3) is 0 Å². The number of halogens is 2. The van der Waals surface area contributed by atoms with E-state index < -0.39 is 0 Å². The second kappa shape index (κ2) is 9.87. The van der Waals surface area contributed by atoms with E-state index in [9.17, 15) is 0 Å². The molecule has 178 valence electrons. The minimum atomic E-state index is 0. The molecule has 32 heavy (non-hydrogen) atoms. The number of hydrogen-bond acceptors (Lipinski definition) is 0. The van der Waals surface area contributed by atoms with Crippen molar-refractivity contribution in [2.75, 3.05) is 0 Å². The quantitative estimate of drug-likeness (QED) is 0.262. The van der Waals surface area contributed by atoms with Gasteiger partial charge in [-0.2, -0.15) is 17.7 Å². The topological polar surface area (TPSA) is 0 Å². The van der Waals surface area contributed by atoms with Gasteiger partial charge in [0, 0.05) is 25.8 Å². The molecule has 0 unspecified atom stereocenters. The Bertz CT molecular complexity index is 880. The molecule has 0 spiro atoms. The molecule has 0 heterocycles. The molecule has 0 saturated carbocycles. The summed E-state index contributed by atoms with van der Waals surface area (Å²) >= 11 is 0. The molecule has 0 N–H and O–H groups in total. The van der Waals surface area contributed by atoms with Crippen molar-refractivity contribution in [3.8, 4) is 11.1 Å². The Balaban J connectivity index is 0.00000320. The normalized spacial score (nSPS) is 13.4.